The maximum atomic E-state index is 11.8. The molecule has 1 amide bonds. The van der Waals surface area contributed by atoms with Gasteiger partial charge in [0.25, 0.3) is 0 Å². The van der Waals surface area contributed by atoms with Crippen molar-refractivity contribution in [1.82, 2.24) is 10.6 Å². The molecule has 2 rings (SSSR count). The minimum atomic E-state index is -0.221. The van der Waals surface area contributed by atoms with Gasteiger partial charge >= 0.3 is 0 Å². The molecule has 0 radical (unpaired) electrons. The van der Waals surface area contributed by atoms with Crippen molar-refractivity contribution in [3.8, 4) is 5.75 Å². The fourth-order valence-electron chi connectivity index (χ4n) is 2.33. The molecule has 0 spiro atoms. The first-order chi connectivity index (χ1) is 10.2. The number of carbonyl (C=O) groups is 1. The highest BCUT2D eigenvalue weighted by Crippen LogP contribution is 2.17. The number of rotatable bonds is 4. The topological polar surface area (TPSA) is 50.4 Å². The van der Waals surface area contributed by atoms with Gasteiger partial charge in [0, 0.05) is 12.1 Å². The largest absolute Gasteiger partial charge is 0.497 e. The molecule has 0 unspecified atom stereocenters. The van der Waals surface area contributed by atoms with Gasteiger partial charge in [0.2, 0.25) is 5.91 Å². The van der Waals surface area contributed by atoms with Gasteiger partial charge in [-0.2, -0.15) is 0 Å². The number of hydrogen-bond donors (Lipinski definition) is 2. The molecular weight excluding hydrogens is 284 g/mol. The first-order valence-corrected chi connectivity index (χ1v) is 7.52. The Morgan fingerprint density at radius 1 is 1.29 bits per heavy atom. The lowest BCUT2D eigenvalue weighted by molar-refractivity contribution is -0.115. The molecule has 0 atom stereocenters. The van der Waals surface area contributed by atoms with Crippen LogP contribution < -0.4 is 15.4 Å². The van der Waals surface area contributed by atoms with Gasteiger partial charge in [-0.1, -0.05) is 25.0 Å². The van der Waals surface area contributed by atoms with Crippen molar-refractivity contribution in [3.05, 3.63) is 35.9 Å². The van der Waals surface area contributed by atoms with E-state index in [0.29, 0.717) is 11.2 Å². The number of hydrogen-bond acceptors (Lipinski definition) is 3. The second-order valence-electron chi connectivity index (χ2n) is 5.05. The lowest BCUT2D eigenvalue weighted by atomic mass is 10.2. The lowest BCUT2D eigenvalue weighted by Crippen LogP contribution is -2.42. The van der Waals surface area contributed by atoms with Crippen LogP contribution in [0.3, 0.4) is 0 Å². The molecule has 1 fully saturated rings. The highest BCUT2D eigenvalue weighted by atomic mass is 32.1. The molecule has 1 aliphatic carbocycles. The molecule has 1 aromatic carbocycles. The number of nitrogens with one attached hydrogen (secondary N) is 2. The van der Waals surface area contributed by atoms with E-state index in [1.54, 1.807) is 13.2 Å². The van der Waals surface area contributed by atoms with Gasteiger partial charge < -0.3 is 10.1 Å². The average molecular weight is 304 g/mol. The van der Waals surface area contributed by atoms with Crippen molar-refractivity contribution >= 4 is 29.3 Å². The van der Waals surface area contributed by atoms with Crippen LogP contribution in [0.5, 0.6) is 5.75 Å². The van der Waals surface area contributed by atoms with Crippen LogP contribution in [0, 0.1) is 0 Å². The van der Waals surface area contributed by atoms with Crippen LogP contribution in [0.4, 0.5) is 0 Å². The quantitative estimate of drug-likeness (QED) is 0.663. The summed E-state index contributed by atoms with van der Waals surface area (Å²) >= 11 is 5.14. The molecular formula is C16H20N2O2S. The molecule has 4 nitrogen and oxygen atoms in total. The van der Waals surface area contributed by atoms with Crippen LogP contribution in [0.1, 0.15) is 31.2 Å². The Labute approximate surface area is 130 Å². The Balaban J connectivity index is 1.79. The number of benzene rings is 1. The summed E-state index contributed by atoms with van der Waals surface area (Å²) in [5.41, 5.74) is 0.931. The van der Waals surface area contributed by atoms with E-state index in [1.807, 2.05) is 24.3 Å². The maximum Gasteiger partial charge on any atom is 0.250 e. The summed E-state index contributed by atoms with van der Waals surface area (Å²) in [5, 5.41) is 6.25. The van der Waals surface area contributed by atoms with Crippen LogP contribution in [-0.4, -0.2) is 24.2 Å². The minimum Gasteiger partial charge on any atom is -0.497 e. The van der Waals surface area contributed by atoms with E-state index in [-0.39, 0.29) is 5.91 Å². The zero-order chi connectivity index (χ0) is 15.1. The van der Waals surface area contributed by atoms with Crippen molar-refractivity contribution in [2.24, 2.45) is 0 Å². The Morgan fingerprint density at radius 2 is 1.95 bits per heavy atom. The van der Waals surface area contributed by atoms with E-state index in [0.717, 1.165) is 24.2 Å². The van der Waals surface area contributed by atoms with Gasteiger partial charge in [-0.3, -0.25) is 10.1 Å². The van der Waals surface area contributed by atoms with Crippen molar-refractivity contribution in [3.63, 3.8) is 0 Å². The van der Waals surface area contributed by atoms with E-state index in [2.05, 4.69) is 10.6 Å². The molecule has 5 heteroatoms. The molecule has 0 aromatic heterocycles. The first-order valence-electron chi connectivity index (χ1n) is 7.11. The van der Waals surface area contributed by atoms with E-state index in [9.17, 15) is 4.79 Å². The van der Waals surface area contributed by atoms with Gasteiger partial charge in [0.1, 0.15) is 5.75 Å². The smallest absolute Gasteiger partial charge is 0.250 e. The number of thiocarbonyl (C=S) groups is 1. The van der Waals surface area contributed by atoms with E-state index in [4.69, 9.17) is 17.0 Å². The second-order valence-corrected chi connectivity index (χ2v) is 5.46. The van der Waals surface area contributed by atoms with Crippen molar-refractivity contribution < 1.29 is 9.53 Å². The summed E-state index contributed by atoms with van der Waals surface area (Å²) in [6, 6.07) is 7.88. The summed E-state index contributed by atoms with van der Waals surface area (Å²) in [6.07, 6.45) is 7.92. The highest BCUT2D eigenvalue weighted by molar-refractivity contribution is 7.80. The lowest BCUT2D eigenvalue weighted by Gasteiger charge is -2.13. The van der Waals surface area contributed by atoms with E-state index in [1.165, 1.54) is 18.9 Å². The van der Waals surface area contributed by atoms with Gasteiger partial charge in [0.15, 0.2) is 5.11 Å². The number of amides is 1. The Hall–Kier alpha value is -1.88. The van der Waals surface area contributed by atoms with Crippen molar-refractivity contribution in [1.29, 1.82) is 0 Å². The fourth-order valence-corrected chi connectivity index (χ4v) is 2.60. The molecule has 21 heavy (non-hydrogen) atoms. The molecule has 1 aromatic rings. The van der Waals surface area contributed by atoms with Gasteiger partial charge in [0.05, 0.1) is 7.11 Å². The zero-order valence-electron chi connectivity index (χ0n) is 12.1. The number of carbonyl (C=O) groups excluding carboxylic acids is 1. The molecule has 0 aliphatic heterocycles. The zero-order valence-corrected chi connectivity index (χ0v) is 12.9. The second kappa shape index (κ2) is 7.78. The maximum absolute atomic E-state index is 11.8. The predicted molar refractivity (Wildman–Crippen MR) is 88.2 cm³/mol. The first kappa shape index (κ1) is 15.5. The van der Waals surface area contributed by atoms with Crippen LogP contribution >= 0.6 is 12.2 Å². The number of ether oxygens (including phenoxy) is 1. The standard InChI is InChI=1S/C16H20N2O2S/c1-20-14-9-6-12(7-10-14)8-11-15(19)18-16(21)17-13-4-2-3-5-13/h6-11,13H,2-5H2,1H3,(H2,17,18,19,21). The Kier molecular flexibility index (Phi) is 5.75. The third kappa shape index (κ3) is 5.19. The predicted octanol–water partition coefficient (Wildman–Crippen LogP) is 2.64. The molecule has 1 saturated carbocycles. The minimum absolute atomic E-state index is 0.221. The molecule has 0 saturated heterocycles. The van der Waals surface area contributed by atoms with Crippen LogP contribution in [0.25, 0.3) is 6.08 Å². The summed E-state index contributed by atoms with van der Waals surface area (Å²) in [6.45, 7) is 0. The van der Waals surface area contributed by atoms with Crippen molar-refractivity contribution in [2.75, 3.05) is 7.11 Å². The van der Waals surface area contributed by atoms with Crippen LogP contribution in [0.2, 0.25) is 0 Å². The molecule has 112 valence electrons. The monoisotopic (exact) mass is 304 g/mol. The number of methoxy groups -OCH3 is 1. The van der Waals surface area contributed by atoms with Gasteiger partial charge in [-0.05, 0) is 48.8 Å². The fraction of sp³-hybridized carbons (Fsp3) is 0.375. The summed E-state index contributed by atoms with van der Waals surface area (Å²) in [7, 11) is 1.62. The van der Waals surface area contributed by atoms with Crippen LogP contribution in [-0.2, 0) is 4.79 Å². The normalized spacial score (nSPS) is 15.1. The summed E-state index contributed by atoms with van der Waals surface area (Å²) < 4.78 is 5.08. The van der Waals surface area contributed by atoms with Gasteiger partial charge in [-0.25, -0.2) is 0 Å². The van der Waals surface area contributed by atoms with Crippen LogP contribution in [0.15, 0.2) is 30.3 Å². The molecule has 1 aliphatic rings. The SMILES string of the molecule is COc1ccc(C=CC(=O)NC(=S)NC2CCCC2)cc1. The van der Waals surface area contributed by atoms with E-state index >= 15 is 0 Å². The molecule has 2 N–H and O–H groups in total. The molecule has 0 bridgehead atoms. The van der Waals surface area contributed by atoms with Gasteiger partial charge in [-0.15, -0.1) is 0 Å². The summed E-state index contributed by atoms with van der Waals surface area (Å²) in [4.78, 5) is 11.8. The summed E-state index contributed by atoms with van der Waals surface area (Å²) in [5.74, 6) is 0.569. The molecule has 0 heterocycles. The third-order valence-corrected chi connectivity index (χ3v) is 3.69. The Bertz CT molecular complexity index is 520. The Morgan fingerprint density at radius 3 is 2.57 bits per heavy atom. The van der Waals surface area contributed by atoms with E-state index < -0.39 is 0 Å². The third-order valence-electron chi connectivity index (χ3n) is 3.47. The average Bonchev–Trinajstić information content (AvgIpc) is 2.98. The highest BCUT2D eigenvalue weighted by Gasteiger charge is 2.15. The van der Waals surface area contributed by atoms with Crippen molar-refractivity contribution in [2.45, 2.75) is 31.7 Å².